The number of hydrogen-bond donors (Lipinski definition) is 0. The van der Waals surface area contributed by atoms with Gasteiger partial charge in [-0.1, -0.05) is 42.3 Å². The molecule has 0 fully saturated rings. The second-order valence-corrected chi connectivity index (χ2v) is 6.85. The van der Waals surface area contributed by atoms with Crippen LogP contribution in [0.3, 0.4) is 0 Å². The molecule has 0 spiro atoms. The van der Waals surface area contributed by atoms with Gasteiger partial charge in [0.2, 0.25) is 0 Å². The van der Waals surface area contributed by atoms with Crippen LogP contribution in [-0.4, -0.2) is 10.8 Å². The van der Waals surface area contributed by atoms with Gasteiger partial charge in [-0.05, 0) is 62.2 Å². The molecule has 3 aromatic rings. The molecule has 0 aliphatic rings. The highest BCUT2D eigenvalue weighted by Gasteiger charge is 2.09. The summed E-state index contributed by atoms with van der Waals surface area (Å²) in [7, 11) is 0. The van der Waals surface area contributed by atoms with Crippen LogP contribution in [0.4, 0.5) is 5.69 Å². The fraction of sp³-hybridized carbons (Fsp3) is 0.190. The summed E-state index contributed by atoms with van der Waals surface area (Å²) in [5.41, 5.74) is 6.71. The first-order chi connectivity index (χ1) is 12.0. The monoisotopic (exact) mass is 370 g/mol. The van der Waals surface area contributed by atoms with Crippen molar-refractivity contribution < 1.29 is 0 Å². The lowest BCUT2D eigenvalue weighted by Gasteiger charge is -2.10. The van der Waals surface area contributed by atoms with Crippen molar-refractivity contribution in [3.05, 3.63) is 81.1 Å². The molecule has 0 saturated carbocycles. The molecule has 1 aromatic heterocycles. The van der Waals surface area contributed by atoms with E-state index in [-0.39, 0.29) is 0 Å². The minimum atomic E-state index is 0.512. The molecule has 0 atom stereocenters. The van der Waals surface area contributed by atoms with Crippen LogP contribution in [0.25, 0.3) is 5.69 Å². The highest BCUT2D eigenvalue weighted by Crippen LogP contribution is 2.27. The Morgan fingerprint density at radius 2 is 1.68 bits per heavy atom. The van der Waals surface area contributed by atoms with E-state index in [1.54, 1.807) is 12.1 Å². The topological polar surface area (TPSA) is 17.3 Å². The van der Waals surface area contributed by atoms with Gasteiger partial charge in [0.15, 0.2) is 0 Å². The summed E-state index contributed by atoms with van der Waals surface area (Å²) in [5.74, 6) is 0. The first-order valence-corrected chi connectivity index (χ1v) is 9.02. The molecule has 0 bridgehead atoms. The summed E-state index contributed by atoms with van der Waals surface area (Å²) in [6.07, 6.45) is 2.92. The maximum Gasteiger partial charge on any atom is 0.0645 e. The van der Waals surface area contributed by atoms with Crippen molar-refractivity contribution in [2.24, 2.45) is 4.99 Å². The number of benzene rings is 2. The van der Waals surface area contributed by atoms with Crippen molar-refractivity contribution in [2.45, 2.75) is 27.2 Å². The third kappa shape index (κ3) is 3.81. The number of rotatable bonds is 4. The van der Waals surface area contributed by atoms with E-state index in [9.17, 15) is 0 Å². The average molecular weight is 371 g/mol. The molecule has 2 nitrogen and oxygen atoms in total. The summed E-state index contributed by atoms with van der Waals surface area (Å²) < 4.78 is 2.25. The third-order valence-corrected chi connectivity index (χ3v) is 5.07. The van der Waals surface area contributed by atoms with E-state index in [0.29, 0.717) is 10.0 Å². The summed E-state index contributed by atoms with van der Waals surface area (Å²) in [4.78, 5) is 4.53. The summed E-state index contributed by atoms with van der Waals surface area (Å²) >= 11 is 12.0. The largest absolute Gasteiger partial charge is 0.318 e. The second-order valence-electron chi connectivity index (χ2n) is 6.04. The summed E-state index contributed by atoms with van der Waals surface area (Å²) in [6.45, 7) is 6.38. The Kier molecular flexibility index (Phi) is 5.31. The lowest BCUT2D eigenvalue weighted by atomic mass is 10.1. The Morgan fingerprint density at radius 1 is 0.960 bits per heavy atom. The maximum absolute atomic E-state index is 6.05. The van der Waals surface area contributed by atoms with Crippen LogP contribution in [0.15, 0.2) is 53.5 Å². The van der Waals surface area contributed by atoms with E-state index in [0.717, 1.165) is 23.4 Å². The van der Waals surface area contributed by atoms with Crippen molar-refractivity contribution >= 4 is 35.1 Å². The second kappa shape index (κ2) is 7.47. The predicted octanol–water partition coefficient (Wildman–Crippen LogP) is 6.71. The lowest BCUT2D eigenvalue weighted by Crippen LogP contribution is -1.99. The Hall–Kier alpha value is -2.03. The molecule has 0 aliphatic heterocycles. The number of halogens is 2. The fourth-order valence-electron chi connectivity index (χ4n) is 2.91. The number of aromatic nitrogens is 1. The van der Waals surface area contributed by atoms with Gasteiger partial charge in [-0.15, -0.1) is 0 Å². The molecule has 25 heavy (non-hydrogen) atoms. The maximum atomic E-state index is 6.05. The van der Waals surface area contributed by atoms with Crippen LogP contribution in [-0.2, 0) is 6.42 Å². The van der Waals surface area contributed by atoms with E-state index >= 15 is 0 Å². The summed E-state index contributed by atoms with van der Waals surface area (Å²) in [5, 5.41) is 1.05. The zero-order valence-corrected chi connectivity index (χ0v) is 16.1. The first kappa shape index (κ1) is 17.8. The van der Waals surface area contributed by atoms with Crippen LogP contribution in [0, 0.1) is 13.8 Å². The van der Waals surface area contributed by atoms with Crippen LogP contribution in [0.2, 0.25) is 10.0 Å². The molecule has 0 saturated heterocycles. The van der Waals surface area contributed by atoms with E-state index in [1.165, 1.54) is 16.9 Å². The normalized spacial score (nSPS) is 11.4. The molecule has 0 N–H and O–H groups in total. The van der Waals surface area contributed by atoms with Gasteiger partial charge in [0.05, 0.1) is 15.7 Å². The highest BCUT2D eigenvalue weighted by molar-refractivity contribution is 6.42. The number of hydrogen-bond acceptors (Lipinski definition) is 1. The number of nitrogens with zero attached hydrogens (tertiary/aromatic N) is 2. The van der Waals surface area contributed by atoms with Gasteiger partial charge < -0.3 is 4.57 Å². The van der Waals surface area contributed by atoms with E-state index in [4.69, 9.17) is 23.2 Å². The lowest BCUT2D eigenvalue weighted by molar-refractivity contribution is 0.962. The smallest absolute Gasteiger partial charge is 0.0645 e. The molecule has 2 aromatic carbocycles. The molecular formula is C21H20Cl2N2. The Morgan fingerprint density at radius 3 is 2.32 bits per heavy atom. The van der Waals surface area contributed by atoms with Crippen LogP contribution >= 0.6 is 23.2 Å². The zero-order valence-electron chi connectivity index (χ0n) is 14.6. The van der Waals surface area contributed by atoms with Gasteiger partial charge in [-0.3, -0.25) is 4.99 Å². The van der Waals surface area contributed by atoms with Crippen molar-refractivity contribution in [3.8, 4) is 5.69 Å². The molecule has 1 heterocycles. The highest BCUT2D eigenvalue weighted by atomic mass is 35.5. The van der Waals surface area contributed by atoms with Crippen molar-refractivity contribution in [2.75, 3.05) is 0 Å². The molecule has 0 unspecified atom stereocenters. The summed E-state index contributed by atoms with van der Waals surface area (Å²) in [6, 6.07) is 16.2. The third-order valence-electron chi connectivity index (χ3n) is 4.33. The minimum Gasteiger partial charge on any atom is -0.318 e. The Labute approximate surface area is 158 Å². The zero-order chi connectivity index (χ0) is 18.0. The molecular weight excluding hydrogens is 351 g/mol. The average Bonchev–Trinajstić information content (AvgIpc) is 2.90. The van der Waals surface area contributed by atoms with Gasteiger partial charge >= 0.3 is 0 Å². The fourth-order valence-corrected chi connectivity index (χ4v) is 3.20. The van der Waals surface area contributed by atoms with Crippen LogP contribution in [0.1, 0.15) is 29.4 Å². The van der Waals surface area contributed by atoms with Crippen LogP contribution in [0.5, 0.6) is 0 Å². The standard InChI is InChI=1S/C21H20Cl2N2/c1-4-16-5-8-19(9-6-16)25-14(2)11-17(15(25)3)13-24-18-7-10-20(22)21(23)12-18/h5-13H,4H2,1-3H3. The molecule has 0 radical (unpaired) electrons. The van der Waals surface area contributed by atoms with E-state index < -0.39 is 0 Å². The molecule has 0 amide bonds. The quantitative estimate of drug-likeness (QED) is 0.453. The van der Waals surface area contributed by atoms with Crippen molar-refractivity contribution in [1.29, 1.82) is 0 Å². The molecule has 128 valence electrons. The minimum absolute atomic E-state index is 0.512. The van der Waals surface area contributed by atoms with Crippen molar-refractivity contribution in [1.82, 2.24) is 4.57 Å². The molecule has 0 aliphatic carbocycles. The SMILES string of the molecule is CCc1ccc(-n2c(C)cc(C=Nc3ccc(Cl)c(Cl)c3)c2C)cc1. The van der Waals surface area contributed by atoms with Gasteiger partial charge in [0, 0.05) is 28.9 Å². The van der Waals surface area contributed by atoms with Gasteiger partial charge in [0.25, 0.3) is 0 Å². The van der Waals surface area contributed by atoms with Gasteiger partial charge in [-0.2, -0.15) is 0 Å². The Balaban J connectivity index is 1.93. The van der Waals surface area contributed by atoms with E-state index in [2.05, 4.69) is 60.7 Å². The number of aryl methyl sites for hydroxylation is 2. The first-order valence-electron chi connectivity index (χ1n) is 8.27. The predicted molar refractivity (Wildman–Crippen MR) is 108 cm³/mol. The van der Waals surface area contributed by atoms with Crippen molar-refractivity contribution in [3.63, 3.8) is 0 Å². The van der Waals surface area contributed by atoms with E-state index in [1.807, 2.05) is 12.3 Å². The Bertz CT molecular complexity index is 922. The number of aliphatic imine (C=N–C) groups is 1. The molecule has 3 rings (SSSR count). The van der Waals surface area contributed by atoms with Gasteiger partial charge in [0.1, 0.15) is 0 Å². The van der Waals surface area contributed by atoms with Gasteiger partial charge in [-0.25, -0.2) is 0 Å². The molecule has 4 heteroatoms. The van der Waals surface area contributed by atoms with Crippen LogP contribution < -0.4 is 0 Å².